The van der Waals surface area contributed by atoms with Crippen molar-refractivity contribution in [3.63, 3.8) is 0 Å². The molecular weight excluding hydrogens is 518 g/mol. The normalized spacial score (nSPS) is 20.9. The summed E-state index contributed by atoms with van der Waals surface area (Å²) < 4.78 is 28.8. The molecule has 39 heavy (non-hydrogen) atoms. The second-order valence-electron chi connectivity index (χ2n) is 10.7. The van der Waals surface area contributed by atoms with Crippen LogP contribution < -0.4 is 4.90 Å². The van der Waals surface area contributed by atoms with Crippen molar-refractivity contribution in [1.82, 2.24) is 24.2 Å². The van der Waals surface area contributed by atoms with E-state index < -0.39 is 12.3 Å². The fraction of sp³-hybridized carbons (Fsp3) is 0.483. The molecule has 7 nitrogen and oxygen atoms in total. The van der Waals surface area contributed by atoms with Gasteiger partial charge in [-0.15, -0.1) is 11.3 Å². The Morgan fingerprint density at radius 1 is 1.18 bits per heavy atom. The van der Waals surface area contributed by atoms with E-state index >= 15 is 0 Å². The molecule has 3 aliphatic rings. The first-order chi connectivity index (χ1) is 18.9. The molecule has 3 aromatic heterocycles. The number of thiazole rings is 1. The number of fused-ring (bicyclic) bond motifs is 1. The predicted octanol–water partition coefficient (Wildman–Crippen LogP) is 5.16. The van der Waals surface area contributed by atoms with Crippen molar-refractivity contribution in [2.24, 2.45) is 0 Å². The van der Waals surface area contributed by atoms with E-state index in [4.69, 9.17) is 9.97 Å². The highest BCUT2D eigenvalue weighted by molar-refractivity contribution is 7.13. The number of pyridine rings is 1. The number of imidazole rings is 1. The van der Waals surface area contributed by atoms with E-state index in [-0.39, 0.29) is 5.91 Å². The van der Waals surface area contributed by atoms with Gasteiger partial charge in [0.25, 0.3) is 0 Å². The second-order valence-corrected chi connectivity index (χ2v) is 11.6. The lowest BCUT2D eigenvalue weighted by atomic mass is 9.90. The van der Waals surface area contributed by atoms with Crippen LogP contribution in [0.1, 0.15) is 49.1 Å². The van der Waals surface area contributed by atoms with Crippen LogP contribution in [0.15, 0.2) is 41.9 Å². The van der Waals surface area contributed by atoms with Gasteiger partial charge in [-0.05, 0) is 48.5 Å². The molecule has 1 amide bonds. The lowest BCUT2D eigenvalue weighted by molar-refractivity contribution is -0.135. The van der Waals surface area contributed by atoms with Crippen molar-refractivity contribution in [1.29, 1.82) is 0 Å². The van der Waals surface area contributed by atoms with Crippen molar-refractivity contribution in [3.05, 3.63) is 58.9 Å². The smallest absolute Gasteiger partial charge is 0.236 e. The number of carbonyl (C=O) groups is 1. The third-order valence-electron chi connectivity index (χ3n) is 8.05. The molecule has 1 aliphatic carbocycles. The molecule has 0 N–H and O–H groups in total. The van der Waals surface area contributed by atoms with Crippen LogP contribution >= 0.6 is 11.3 Å². The van der Waals surface area contributed by atoms with Crippen molar-refractivity contribution >= 4 is 39.4 Å². The SMILES string of the molecule is CCc1nc2ccc(C3CCN(C(=O)CN4CC(F)C4)CC3)cn2c1N(C)c1nc(C2=CCC(F)C=C2)cs1. The average Bonchev–Trinajstić information content (AvgIpc) is 3.57. The van der Waals surface area contributed by atoms with Gasteiger partial charge in [-0.3, -0.25) is 14.1 Å². The minimum atomic E-state index is -0.919. The largest absolute Gasteiger partial charge is 0.342 e. The Labute approximate surface area is 231 Å². The van der Waals surface area contributed by atoms with Gasteiger partial charge in [0.1, 0.15) is 23.8 Å². The van der Waals surface area contributed by atoms with Crippen molar-refractivity contribution in [3.8, 4) is 0 Å². The van der Waals surface area contributed by atoms with Gasteiger partial charge < -0.3 is 9.80 Å². The van der Waals surface area contributed by atoms with Gasteiger partial charge in [0.2, 0.25) is 5.91 Å². The van der Waals surface area contributed by atoms with Gasteiger partial charge >= 0.3 is 0 Å². The molecule has 10 heteroatoms. The fourth-order valence-electron chi connectivity index (χ4n) is 5.75. The number of nitrogens with zero attached hydrogens (tertiary/aromatic N) is 6. The number of alkyl halides is 2. The van der Waals surface area contributed by atoms with Crippen LogP contribution in [0.3, 0.4) is 0 Å². The Balaban J connectivity index is 1.19. The topological polar surface area (TPSA) is 57.0 Å². The lowest BCUT2D eigenvalue weighted by Crippen LogP contribution is -2.53. The first-order valence-corrected chi connectivity index (χ1v) is 14.6. The van der Waals surface area contributed by atoms with Crippen LogP contribution in [0.2, 0.25) is 0 Å². The third kappa shape index (κ3) is 5.24. The number of carbonyl (C=O) groups excluding carboxylic acids is 1. The van der Waals surface area contributed by atoms with Crippen LogP contribution in [-0.4, -0.2) is 82.2 Å². The first-order valence-electron chi connectivity index (χ1n) is 13.8. The summed E-state index contributed by atoms with van der Waals surface area (Å²) in [6.07, 6.45) is 8.79. The second kappa shape index (κ2) is 10.8. The maximum absolute atomic E-state index is 13.5. The van der Waals surface area contributed by atoms with E-state index in [1.807, 2.05) is 34.4 Å². The monoisotopic (exact) mass is 552 g/mol. The number of anilines is 2. The number of amides is 1. The maximum atomic E-state index is 13.5. The predicted molar refractivity (Wildman–Crippen MR) is 151 cm³/mol. The zero-order chi connectivity index (χ0) is 27.1. The van der Waals surface area contributed by atoms with Crippen LogP contribution in [0.5, 0.6) is 0 Å². The summed E-state index contributed by atoms with van der Waals surface area (Å²) in [6.45, 7) is 4.63. The fourth-order valence-corrected chi connectivity index (χ4v) is 6.55. The highest BCUT2D eigenvalue weighted by atomic mass is 32.1. The molecule has 3 aromatic rings. The zero-order valence-electron chi connectivity index (χ0n) is 22.4. The van der Waals surface area contributed by atoms with Crippen molar-refractivity contribution in [2.75, 3.05) is 44.7 Å². The van der Waals surface area contributed by atoms with Crippen molar-refractivity contribution in [2.45, 2.75) is 50.9 Å². The number of hydrogen-bond donors (Lipinski definition) is 0. The van der Waals surface area contributed by atoms with E-state index in [9.17, 15) is 13.6 Å². The summed E-state index contributed by atoms with van der Waals surface area (Å²) in [4.78, 5) is 28.3. The van der Waals surface area contributed by atoms with E-state index in [2.05, 4.69) is 34.6 Å². The minimum absolute atomic E-state index is 0.105. The Hall–Kier alpha value is -3.11. The van der Waals surface area contributed by atoms with Gasteiger partial charge in [-0.2, -0.15) is 0 Å². The first kappa shape index (κ1) is 26.1. The molecule has 206 valence electrons. The summed E-state index contributed by atoms with van der Waals surface area (Å²) in [5, 5.41) is 2.88. The summed E-state index contributed by atoms with van der Waals surface area (Å²) in [5.41, 5.74) is 4.96. The average molecular weight is 553 g/mol. The molecular formula is C29H34F2N6OS. The van der Waals surface area contributed by atoms with E-state index in [0.29, 0.717) is 32.0 Å². The Bertz CT molecular complexity index is 1420. The highest BCUT2D eigenvalue weighted by Crippen LogP contribution is 2.35. The molecule has 5 heterocycles. The van der Waals surface area contributed by atoms with Gasteiger partial charge in [0, 0.05) is 51.2 Å². The molecule has 2 fully saturated rings. The van der Waals surface area contributed by atoms with Gasteiger partial charge in [-0.25, -0.2) is 18.7 Å². The number of piperidine rings is 1. The summed E-state index contributed by atoms with van der Waals surface area (Å²) in [6, 6.07) is 4.25. The molecule has 2 aliphatic heterocycles. The molecule has 0 spiro atoms. The van der Waals surface area contributed by atoms with E-state index in [1.54, 1.807) is 17.4 Å². The number of hydrogen-bond acceptors (Lipinski definition) is 6. The Morgan fingerprint density at radius 3 is 2.67 bits per heavy atom. The van der Waals surface area contributed by atoms with Crippen LogP contribution in [0.25, 0.3) is 11.2 Å². The summed E-state index contributed by atoms with van der Waals surface area (Å²) in [5.74, 6) is 1.47. The third-order valence-corrected chi connectivity index (χ3v) is 8.97. The molecule has 0 saturated carbocycles. The number of aromatic nitrogens is 3. The molecule has 1 atom stereocenters. The van der Waals surface area contributed by atoms with Gasteiger partial charge in [0.15, 0.2) is 5.13 Å². The molecule has 2 saturated heterocycles. The minimum Gasteiger partial charge on any atom is -0.342 e. The Morgan fingerprint density at radius 2 is 1.97 bits per heavy atom. The molecule has 0 aromatic carbocycles. The quantitative estimate of drug-likeness (QED) is 0.405. The number of aryl methyl sites for hydroxylation is 1. The molecule has 0 bridgehead atoms. The number of likely N-dealkylation sites (tertiary alicyclic amines) is 2. The van der Waals surface area contributed by atoms with E-state index in [1.165, 1.54) is 5.56 Å². The molecule has 6 rings (SSSR count). The number of allylic oxidation sites excluding steroid dienone is 4. The summed E-state index contributed by atoms with van der Waals surface area (Å²) >= 11 is 1.57. The zero-order valence-corrected chi connectivity index (χ0v) is 23.2. The van der Waals surface area contributed by atoms with Crippen LogP contribution in [-0.2, 0) is 11.2 Å². The van der Waals surface area contributed by atoms with E-state index in [0.717, 1.165) is 65.9 Å². The number of halogens is 2. The van der Waals surface area contributed by atoms with Crippen LogP contribution in [0.4, 0.5) is 19.7 Å². The number of rotatable bonds is 7. The summed E-state index contributed by atoms with van der Waals surface area (Å²) in [7, 11) is 2.02. The molecule has 1 unspecified atom stereocenters. The molecule has 0 radical (unpaired) electrons. The van der Waals surface area contributed by atoms with Crippen molar-refractivity contribution < 1.29 is 13.6 Å². The lowest BCUT2D eigenvalue weighted by Gasteiger charge is -2.37. The van der Waals surface area contributed by atoms with Gasteiger partial charge in [-0.1, -0.05) is 25.1 Å². The maximum Gasteiger partial charge on any atom is 0.236 e. The van der Waals surface area contributed by atoms with Gasteiger partial charge in [0.05, 0.1) is 17.9 Å². The standard InChI is InChI=1S/C29H34F2N6OS/c1-3-24-28(34(2)29-33-25(18-39-29)20-4-7-22(30)8-5-20)37-14-21(6-9-26(37)32-24)19-10-12-36(13-11-19)27(38)17-35-15-23(31)16-35/h4-7,9,14,18-19,22-23H,3,8,10-13,15-17H2,1-2H3. The Kier molecular flexibility index (Phi) is 7.24. The van der Waals surface area contributed by atoms with Crippen LogP contribution in [0, 0.1) is 0 Å². The highest BCUT2D eigenvalue weighted by Gasteiger charge is 2.31.